The van der Waals surface area contributed by atoms with E-state index in [2.05, 4.69) is 9.97 Å². The Hall–Kier alpha value is -3.76. The summed E-state index contributed by atoms with van der Waals surface area (Å²) in [5.74, 6) is -2.20. The second kappa shape index (κ2) is 9.62. The molecule has 0 amide bonds. The lowest BCUT2D eigenvalue weighted by Crippen LogP contribution is -2.32. The number of allylic oxidation sites excluding steroid dienone is 1. The quantitative estimate of drug-likeness (QED) is 0.727. The van der Waals surface area contributed by atoms with Gasteiger partial charge in [0.2, 0.25) is 11.4 Å². The van der Waals surface area contributed by atoms with Crippen LogP contribution in [-0.4, -0.2) is 63.3 Å². The predicted molar refractivity (Wildman–Crippen MR) is 121 cm³/mol. The molecule has 1 fully saturated rings. The standard InChI is InChI=1S/C23H25F2N5O4/c1-14-12-34-13-20(19(25)8-17-15(2)30(14)11-18(21(17)31)22(32)33)28-4-3-5-29(7-6-28)23-26-9-16(24)10-27-23/h8-11,13-14H,3-7,12H2,1-2H3,(H,32,33)/b19-8+,20-13-/t14-/m0/s1. The summed E-state index contributed by atoms with van der Waals surface area (Å²) < 4.78 is 36.0. The second-order valence-electron chi connectivity index (χ2n) is 8.29. The molecule has 0 aromatic carbocycles. The molecule has 0 saturated carbocycles. The fourth-order valence-electron chi connectivity index (χ4n) is 4.18. The van der Waals surface area contributed by atoms with Crippen LogP contribution < -0.4 is 10.3 Å². The zero-order valence-electron chi connectivity index (χ0n) is 18.9. The van der Waals surface area contributed by atoms with E-state index in [9.17, 15) is 19.1 Å². The smallest absolute Gasteiger partial charge is 0.341 e. The number of hydrogen-bond donors (Lipinski definition) is 1. The van der Waals surface area contributed by atoms with Gasteiger partial charge in [0.1, 0.15) is 30.0 Å². The number of ether oxygens (including phenoxy) is 1. The van der Waals surface area contributed by atoms with E-state index in [4.69, 9.17) is 4.74 Å². The topological polar surface area (TPSA) is 101 Å². The van der Waals surface area contributed by atoms with Crippen molar-refractivity contribution in [3.8, 4) is 0 Å². The number of halogens is 2. The maximum Gasteiger partial charge on any atom is 0.341 e. The van der Waals surface area contributed by atoms with Gasteiger partial charge >= 0.3 is 5.97 Å². The number of aromatic nitrogens is 3. The first-order valence-corrected chi connectivity index (χ1v) is 10.9. The zero-order chi connectivity index (χ0) is 24.4. The average Bonchev–Trinajstić information content (AvgIpc) is 3.05. The first-order chi connectivity index (χ1) is 16.3. The first kappa shape index (κ1) is 23.4. The van der Waals surface area contributed by atoms with Gasteiger partial charge in [-0.25, -0.2) is 23.5 Å². The Kier molecular flexibility index (Phi) is 6.62. The summed E-state index contributed by atoms with van der Waals surface area (Å²) in [7, 11) is 0. The average molecular weight is 473 g/mol. The summed E-state index contributed by atoms with van der Waals surface area (Å²) in [6.07, 6.45) is 6.56. The molecule has 0 radical (unpaired) electrons. The lowest BCUT2D eigenvalue weighted by molar-refractivity contribution is 0.0693. The molecule has 180 valence electrons. The Morgan fingerprint density at radius 3 is 2.53 bits per heavy atom. The third kappa shape index (κ3) is 4.63. The number of nitrogens with zero attached hydrogens (tertiary/aromatic N) is 5. The molecule has 11 heteroatoms. The summed E-state index contributed by atoms with van der Waals surface area (Å²) in [5.41, 5.74) is -0.541. The molecule has 2 aromatic rings. The summed E-state index contributed by atoms with van der Waals surface area (Å²) in [6, 6.07) is -0.292. The molecule has 4 rings (SSSR count). The molecule has 1 atom stereocenters. The van der Waals surface area contributed by atoms with Gasteiger partial charge in [-0.15, -0.1) is 0 Å². The number of carboxylic acid groups (broad SMARTS) is 1. The van der Waals surface area contributed by atoms with Crippen molar-refractivity contribution >= 4 is 18.0 Å². The van der Waals surface area contributed by atoms with Gasteiger partial charge in [-0.05, 0) is 26.3 Å². The van der Waals surface area contributed by atoms with Crippen LogP contribution in [0.15, 0.2) is 41.2 Å². The van der Waals surface area contributed by atoms with Gasteiger partial charge in [0, 0.05) is 43.6 Å². The third-order valence-corrected chi connectivity index (χ3v) is 6.01. The number of fused-ring (bicyclic) bond motifs is 2. The van der Waals surface area contributed by atoms with Crippen molar-refractivity contribution in [1.82, 2.24) is 19.4 Å². The Bertz CT molecular complexity index is 1210. The van der Waals surface area contributed by atoms with E-state index >= 15 is 4.39 Å². The molecule has 1 N–H and O–H groups in total. The van der Waals surface area contributed by atoms with Crippen molar-refractivity contribution < 1.29 is 23.4 Å². The summed E-state index contributed by atoms with van der Waals surface area (Å²) >= 11 is 0. The largest absolute Gasteiger partial charge is 0.497 e. The Labute approximate surface area is 194 Å². The number of rotatable bonds is 3. The molecule has 0 aliphatic carbocycles. The summed E-state index contributed by atoms with van der Waals surface area (Å²) in [4.78, 5) is 36.2. The third-order valence-electron chi connectivity index (χ3n) is 6.01. The monoisotopic (exact) mass is 473 g/mol. The van der Waals surface area contributed by atoms with E-state index in [1.54, 1.807) is 16.4 Å². The number of pyridine rings is 1. The number of carbonyl (C=O) groups is 1. The van der Waals surface area contributed by atoms with Crippen LogP contribution in [0.3, 0.4) is 0 Å². The number of hydrogen-bond acceptors (Lipinski definition) is 7. The van der Waals surface area contributed by atoms with Crippen molar-refractivity contribution in [1.29, 1.82) is 0 Å². The summed E-state index contributed by atoms with van der Waals surface area (Å²) in [5, 5.41) is 9.47. The van der Waals surface area contributed by atoms with Crippen LogP contribution in [0.5, 0.6) is 0 Å². The molecule has 2 bridgehead atoms. The molecule has 9 nitrogen and oxygen atoms in total. The minimum Gasteiger partial charge on any atom is -0.497 e. The molecule has 0 spiro atoms. The summed E-state index contributed by atoms with van der Waals surface area (Å²) in [6.45, 7) is 5.61. The van der Waals surface area contributed by atoms with Crippen LogP contribution in [0.25, 0.3) is 6.08 Å². The molecule has 34 heavy (non-hydrogen) atoms. The highest BCUT2D eigenvalue weighted by atomic mass is 19.1. The lowest BCUT2D eigenvalue weighted by atomic mass is 10.1. The predicted octanol–water partition coefficient (Wildman–Crippen LogP) is 2.74. The van der Waals surface area contributed by atoms with Gasteiger partial charge in [0.25, 0.3) is 0 Å². The molecule has 1 saturated heterocycles. The van der Waals surface area contributed by atoms with E-state index in [0.29, 0.717) is 44.2 Å². The highest BCUT2D eigenvalue weighted by molar-refractivity contribution is 5.88. The molecule has 2 aromatic heterocycles. The fourth-order valence-corrected chi connectivity index (χ4v) is 4.18. The van der Waals surface area contributed by atoms with Gasteiger partial charge in [-0.1, -0.05) is 0 Å². The van der Waals surface area contributed by atoms with Gasteiger partial charge in [-0.2, -0.15) is 0 Å². The number of carboxylic acids is 1. The van der Waals surface area contributed by atoms with Gasteiger partial charge in [-0.3, -0.25) is 4.79 Å². The van der Waals surface area contributed by atoms with E-state index in [-0.39, 0.29) is 23.9 Å². The van der Waals surface area contributed by atoms with Crippen LogP contribution in [0, 0.1) is 12.7 Å². The minimum absolute atomic E-state index is 0.00629. The van der Waals surface area contributed by atoms with Gasteiger partial charge < -0.3 is 24.2 Å². The normalized spacial score (nSPS) is 22.1. The number of anilines is 1. The zero-order valence-corrected chi connectivity index (χ0v) is 18.9. The Morgan fingerprint density at radius 1 is 1.15 bits per heavy atom. The molecule has 2 aliphatic heterocycles. The Morgan fingerprint density at radius 2 is 1.82 bits per heavy atom. The second-order valence-corrected chi connectivity index (χ2v) is 8.29. The highest BCUT2D eigenvalue weighted by Gasteiger charge is 2.25. The Balaban J connectivity index is 1.67. The van der Waals surface area contributed by atoms with Crippen molar-refractivity contribution in [2.24, 2.45) is 0 Å². The molecular formula is C23H25F2N5O4. The van der Waals surface area contributed by atoms with E-state index < -0.39 is 28.6 Å². The van der Waals surface area contributed by atoms with Crippen LogP contribution in [0.1, 0.15) is 41.0 Å². The maximum atomic E-state index is 15.6. The molecule has 2 aliphatic rings. The molecule has 4 heterocycles. The fraction of sp³-hybridized carbons (Fsp3) is 0.391. The SMILES string of the molecule is Cc1c2c(=O)c(C(=O)O)cn1[C@@H](C)CO/C=C(N1CCCN(c3ncc(F)cn3)CC1)/C(F)=C\2. The van der Waals surface area contributed by atoms with Crippen molar-refractivity contribution in [3.05, 3.63) is 69.2 Å². The lowest BCUT2D eigenvalue weighted by Gasteiger charge is -2.27. The first-order valence-electron chi connectivity index (χ1n) is 10.9. The highest BCUT2D eigenvalue weighted by Crippen LogP contribution is 2.25. The van der Waals surface area contributed by atoms with Crippen LogP contribution >= 0.6 is 0 Å². The van der Waals surface area contributed by atoms with Crippen molar-refractivity contribution in [2.45, 2.75) is 26.3 Å². The van der Waals surface area contributed by atoms with E-state index in [0.717, 1.165) is 18.5 Å². The van der Waals surface area contributed by atoms with Crippen LogP contribution in [0.4, 0.5) is 14.7 Å². The maximum absolute atomic E-state index is 15.6. The minimum atomic E-state index is -1.37. The van der Waals surface area contributed by atoms with E-state index in [1.165, 1.54) is 12.5 Å². The van der Waals surface area contributed by atoms with Crippen molar-refractivity contribution in [2.75, 3.05) is 37.7 Å². The van der Waals surface area contributed by atoms with E-state index in [1.807, 2.05) is 11.8 Å². The van der Waals surface area contributed by atoms with Gasteiger partial charge in [0.05, 0.1) is 18.4 Å². The van der Waals surface area contributed by atoms with Crippen molar-refractivity contribution in [3.63, 3.8) is 0 Å². The number of aromatic carboxylic acids is 1. The van der Waals surface area contributed by atoms with Crippen LogP contribution in [-0.2, 0) is 4.74 Å². The molecule has 0 unspecified atom stereocenters. The van der Waals surface area contributed by atoms with Crippen LogP contribution in [0.2, 0.25) is 0 Å². The van der Waals surface area contributed by atoms with Gasteiger partial charge in [0.15, 0.2) is 5.82 Å². The molecular weight excluding hydrogens is 448 g/mol.